The number of amides is 1. The van der Waals surface area contributed by atoms with Gasteiger partial charge >= 0.3 is 0 Å². The van der Waals surface area contributed by atoms with E-state index >= 15 is 0 Å². The summed E-state index contributed by atoms with van der Waals surface area (Å²) in [4.78, 5) is 14.5. The summed E-state index contributed by atoms with van der Waals surface area (Å²) in [5.74, 6) is -0.373. The first-order valence-corrected chi connectivity index (χ1v) is 12.3. The van der Waals surface area contributed by atoms with E-state index in [1.807, 2.05) is 24.3 Å². The van der Waals surface area contributed by atoms with Gasteiger partial charge < -0.3 is 4.90 Å². The zero-order valence-corrected chi connectivity index (χ0v) is 18.5. The number of piperidine rings is 1. The van der Waals surface area contributed by atoms with E-state index in [4.69, 9.17) is 0 Å². The number of rotatable bonds is 7. The third-order valence-corrected chi connectivity index (χ3v) is 7.62. The number of carbonyl (C=O) groups is 1. The van der Waals surface area contributed by atoms with Crippen molar-refractivity contribution in [3.63, 3.8) is 0 Å². The van der Waals surface area contributed by atoms with Gasteiger partial charge in [0.15, 0.2) is 0 Å². The minimum atomic E-state index is -3.84. The van der Waals surface area contributed by atoms with Crippen LogP contribution in [0.25, 0.3) is 0 Å². The Hall–Kier alpha value is -2.82. The van der Waals surface area contributed by atoms with Crippen molar-refractivity contribution in [2.75, 3.05) is 23.3 Å². The minimum absolute atomic E-state index is 0.125. The summed E-state index contributed by atoms with van der Waals surface area (Å²) in [6, 6.07) is 16.5. The smallest absolute Gasteiger partial charge is 0.270 e. The Kier molecular flexibility index (Phi) is 6.59. The quantitative estimate of drug-likeness (QED) is 0.528. The van der Waals surface area contributed by atoms with Gasteiger partial charge in [-0.2, -0.15) is 0 Å². The number of anilines is 2. The van der Waals surface area contributed by atoms with Crippen molar-refractivity contribution in [1.82, 2.24) is 14.9 Å². The van der Waals surface area contributed by atoms with Crippen molar-refractivity contribution in [3.8, 4) is 0 Å². The fourth-order valence-electron chi connectivity index (χ4n) is 3.34. The molecule has 3 aromatic rings. The molecule has 0 spiro atoms. The van der Waals surface area contributed by atoms with Gasteiger partial charge in [0.25, 0.3) is 15.9 Å². The van der Waals surface area contributed by atoms with E-state index in [1.54, 1.807) is 30.3 Å². The van der Waals surface area contributed by atoms with Crippen molar-refractivity contribution in [2.24, 2.45) is 0 Å². The number of carbonyl (C=O) groups excluding carboxylic acids is 1. The third-order valence-electron chi connectivity index (χ3n) is 5.02. The summed E-state index contributed by atoms with van der Waals surface area (Å²) >= 11 is 0.808. The lowest BCUT2D eigenvalue weighted by Crippen LogP contribution is -2.29. The fourth-order valence-corrected chi connectivity index (χ4v) is 5.30. The van der Waals surface area contributed by atoms with E-state index in [2.05, 4.69) is 25.1 Å². The summed E-state index contributed by atoms with van der Waals surface area (Å²) in [5.41, 5.74) is 2.47. The second-order valence-corrected chi connectivity index (χ2v) is 10.2. The molecule has 1 aliphatic rings. The molecule has 1 aromatic heterocycles. The van der Waals surface area contributed by atoms with Gasteiger partial charge in [-0.3, -0.25) is 10.1 Å². The van der Waals surface area contributed by atoms with E-state index in [-0.39, 0.29) is 21.9 Å². The van der Waals surface area contributed by atoms with E-state index in [1.165, 1.54) is 19.3 Å². The zero-order valence-electron chi connectivity index (χ0n) is 16.8. The van der Waals surface area contributed by atoms with Crippen LogP contribution < -0.4 is 14.9 Å². The Labute approximate surface area is 185 Å². The van der Waals surface area contributed by atoms with Crippen molar-refractivity contribution < 1.29 is 13.2 Å². The molecule has 0 atom stereocenters. The average Bonchev–Trinajstić information content (AvgIpc) is 3.29. The van der Waals surface area contributed by atoms with Crippen molar-refractivity contribution in [1.29, 1.82) is 0 Å². The van der Waals surface area contributed by atoms with Crippen LogP contribution in [-0.2, 0) is 16.6 Å². The molecular formula is C21H23N5O3S2. The monoisotopic (exact) mass is 457 g/mol. The Balaban J connectivity index is 1.35. The second kappa shape index (κ2) is 9.54. The summed E-state index contributed by atoms with van der Waals surface area (Å²) in [6.07, 6.45) is 3.69. The SMILES string of the molecule is O=C(Nc1nnc(S(=O)(=O)NCc2ccc(N3CCCCC3)cc2)s1)c1ccccc1. The normalized spacial score (nSPS) is 14.4. The number of hydrogen-bond donors (Lipinski definition) is 2. The number of nitrogens with zero attached hydrogens (tertiary/aromatic N) is 3. The molecule has 0 radical (unpaired) electrons. The van der Waals surface area contributed by atoms with Crippen LogP contribution in [0.1, 0.15) is 35.2 Å². The van der Waals surface area contributed by atoms with Crippen molar-refractivity contribution in [2.45, 2.75) is 30.1 Å². The zero-order chi connectivity index (χ0) is 21.7. The molecule has 1 amide bonds. The number of hydrogen-bond acceptors (Lipinski definition) is 7. The Morgan fingerprint density at radius 3 is 2.39 bits per heavy atom. The highest BCUT2D eigenvalue weighted by atomic mass is 32.2. The van der Waals surface area contributed by atoms with Crippen LogP contribution in [0, 0.1) is 0 Å². The summed E-state index contributed by atoms with van der Waals surface area (Å²) < 4.78 is 27.5. The third kappa shape index (κ3) is 5.46. The lowest BCUT2D eigenvalue weighted by Gasteiger charge is -2.28. The highest BCUT2D eigenvalue weighted by molar-refractivity contribution is 7.91. The fraction of sp³-hybridized carbons (Fsp3) is 0.286. The maximum absolute atomic E-state index is 12.6. The lowest BCUT2D eigenvalue weighted by molar-refractivity contribution is 0.102. The van der Waals surface area contributed by atoms with Gasteiger partial charge in [0.05, 0.1) is 0 Å². The Morgan fingerprint density at radius 1 is 0.968 bits per heavy atom. The first-order chi connectivity index (χ1) is 15.0. The molecular weight excluding hydrogens is 434 g/mol. The van der Waals surface area contributed by atoms with Gasteiger partial charge in [0, 0.05) is 30.9 Å². The highest BCUT2D eigenvalue weighted by Crippen LogP contribution is 2.22. The van der Waals surface area contributed by atoms with E-state index < -0.39 is 10.0 Å². The predicted molar refractivity (Wildman–Crippen MR) is 121 cm³/mol. The van der Waals surface area contributed by atoms with Crippen LogP contribution in [0.5, 0.6) is 0 Å². The molecule has 4 rings (SSSR count). The topological polar surface area (TPSA) is 104 Å². The van der Waals surface area contributed by atoms with Crippen molar-refractivity contribution in [3.05, 3.63) is 65.7 Å². The number of aromatic nitrogens is 2. The Morgan fingerprint density at radius 2 is 1.68 bits per heavy atom. The number of nitrogens with one attached hydrogen (secondary N) is 2. The highest BCUT2D eigenvalue weighted by Gasteiger charge is 2.21. The van der Waals surface area contributed by atoms with Gasteiger partial charge in [-0.1, -0.05) is 41.7 Å². The largest absolute Gasteiger partial charge is 0.372 e. The first-order valence-electron chi connectivity index (χ1n) is 10.0. The van der Waals surface area contributed by atoms with E-state index in [0.29, 0.717) is 5.56 Å². The van der Waals surface area contributed by atoms with Gasteiger partial charge in [-0.05, 0) is 49.1 Å². The number of sulfonamides is 1. The molecule has 10 heteroatoms. The van der Waals surface area contributed by atoms with Crippen LogP contribution in [0.3, 0.4) is 0 Å². The molecule has 0 bridgehead atoms. The summed E-state index contributed by atoms with van der Waals surface area (Å²) in [7, 11) is -3.84. The maximum Gasteiger partial charge on any atom is 0.270 e. The predicted octanol–water partition coefficient (Wildman–Crippen LogP) is 3.26. The first kappa shape index (κ1) is 21.4. The minimum Gasteiger partial charge on any atom is -0.372 e. The second-order valence-electron chi connectivity index (χ2n) is 7.23. The lowest BCUT2D eigenvalue weighted by atomic mass is 10.1. The molecule has 162 valence electrons. The molecule has 1 fully saturated rings. The molecule has 1 aliphatic heterocycles. The molecule has 0 saturated carbocycles. The Bertz CT molecular complexity index is 1130. The average molecular weight is 458 g/mol. The molecule has 2 aromatic carbocycles. The van der Waals surface area contributed by atoms with Gasteiger partial charge in [0.1, 0.15) is 0 Å². The standard InChI is InChI=1S/C21H23N5O3S2/c27-19(17-7-3-1-4-8-17)23-20-24-25-21(30-20)31(28,29)22-15-16-9-11-18(12-10-16)26-13-5-2-6-14-26/h1,3-4,7-12,22H,2,5-6,13-15H2,(H,23,24,27). The van der Waals surface area contributed by atoms with Crippen LogP contribution in [0.2, 0.25) is 0 Å². The van der Waals surface area contributed by atoms with Crippen LogP contribution in [0.4, 0.5) is 10.8 Å². The maximum atomic E-state index is 12.6. The van der Waals surface area contributed by atoms with E-state index in [9.17, 15) is 13.2 Å². The summed E-state index contributed by atoms with van der Waals surface area (Å²) in [5, 5.41) is 10.2. The van der Waals surface area contributed by atoms with E-state index in [0.717, 1.165) is 35.7 Å². The van der Waals surface area contributed by atoms with Gasteiger partial charge in [-0.15, -0.1) is 10.2 Å². The van der Waals surface area contributed by atoms with Gasteiger partial charge in [-0.25, -0.2) is 13.1 Å². The van der Waals surface area contributed by atoms with Crippen LogP contribution in [-0.4, -0.2) is 37.6 Å². The summed E-state index contributed by atoms with van der Waals surface area (Å²) in [6.45, 7) is 2.27. The molecule has 0 unspecified atom stereocenters. The molecule has 1 saturated heterocycles. The molecule has 31 heavy (non-hydrogen) atoms. The van der Waals surface area contributed by atoms with Crippen molar-refractivity contribution >= 4 is 38.1 Å². The number of benzene rings is 2. The molecule has 2 heterocycles. The molecule has 2 N–H and O–H groups in total. The van der Waals surface area contributed by atoms with Gasteiger partial charge in [0.2, 0.25) is 9.47 Å². The molecule has 0 aliphatic carbocycles. The van der Waals surface area contributed by atoms with Crippen LogP contribution in [0.15, 0.2) is 58.9 Å². The molecule has 8 nitrogen and oxygen atoms in total. The van der Waals surface area contributed by atoms with Crippen LogP contribution >= 0.6 is 11.3 Å².